The van der Waals surface area contributed by atoms with Crippen LogP contribution in [0.1, 0.15) is 38.7 Å². The summed E-state index contributed by atoms with van der Waals surface area (Å²) in [5, 5.41) is 0. The molecule has 3 heterocycles. The van der Waals surface area contributed by atoms with Crippen molar-refractivity contribution < 1.29 is 0 Å². The van der Waals surface area contributed by atoms with E-state index in [1.165, 1.54) is 56.8 Å². The Kier molecular flexibility index (Phi) is 2.75. The third kappa shape index (κ3) is 1.55. The number of anilines is 2. The zero-order valence-corrected chi connectivity index (χ0v) is 17.1. The van der Waals surface area contributed by atoms with E-state index in [0.717, 1.165) is 0 Å². The lowest BCUT2D eigenvalue weighted by Gasteiger charge is -2.46. The fraction of sp³-hybridized carbons (Fsp3) is 0.280. The molecular formula is C25H22BNS. The third-order valence-corrected chi connectivity index (χ3v) is 9.41. The van der Waals surface area contributed by atoms with Crippen LogP contribution >= 0.6 is 11.8 Å². The van der Waals surface area contributed by atoms with E-state index in [2.05, 4.69) is 79.4 Å². The van der Waals surface area contributed by atoms with Gasteiger partial charge in [-0.25, -0.2) is 0 Å². The standard InChI is InChI=1S/C25H22BNS/c1-24-14-7-15-25(24,2)27-19-11-6-13-21-22(19)26(17-9-3-4-12-20(17)28-21)18-10-5-8-16(24)23(18)27/h3-6,8-13H,7,14-15H2,1-2H3. The number of hydrogen-bond acceptors (Lipinski definition) is 2. The van der Waals surface area contributed by atoms with Crippen molar-refractivity contribution in [2.75, 3.05) is 4.90 Å². The second-order valence-electron chi connectivity index (χ2n) is 9.30. The average molecular weight is 379 g/mol. The molecule has 0 aromatic heterocycles. The Bertz CT molecular complexity index is 1190. The van der Waals surface area contributed by atoms with E-state index in [9.17, 15) is 0 Å². The molecule has 0 radical (unpaired) electrons. The van der Waals surface area contributed by atoms with Gasteiger partial charge < -0.3 is 4.90 Å². The van der Waals surface area contributed by atoms with Crippen LogP contribution in [0.25, 0.3) is 0 Å². The van der Waals surface area contributed by atoms with Gasteiger partial charge in [0.1, 0.15) is 0 Å². The number of para-hydroxylation sites is 1. The maximum Gasteiger partial charge on any atom is 0.249 e. The van der Waals surface area contributed by atoms with Crippen LogP contribution in [0.2, 0.25) is 0 Å². The van der Waals surface area contributed by atoms with Crippen molar-refractivity contribution in [1.29, 1.82) is 0 Å². The lowest BCUT2D eigenvalue weighted by Crippen LogP contribution is -2.62. The minimum Gasteiger partial charge on any atom is -0.335 e. The Morgan fingerprint density at radius 2 is 1.64 bits per heavy atom. The molecule has 0 amide bonds. The van der Waals surface area contributed by atoms with E-state index in [-0.39, 0.29) is 11.0 Å². The van der Waals surface area contributed by atoms with Crippen molar-refractivity contribution in [2.45, 2.75) is 53.9 Å². The molecule has 2 atom stereocenters. The van der Waals surface area contributed by atoms with Crippen molar-refractivity contribution >= 4 is 46.2 Å². The first kappa shape index (κ1) is 15.8. The van der Waals surface area contributed by atoms with Crippen molar-refractivity contribution in [3.8, 4) is 0 Å². The van der Waals surface area contributed by atoms with Crippen LogP contribution in [0, 0.1) is 0 Å². The van der Waals surface area contributed by atoms with Crippen molar-refractivity contribution in [3.63, 3.8) is 0 Å². The first-order valence-electron chi connectivity index (χ1n) is 10.5. The van der Waals surface area contributed by atoms with Crippen LogP contribution in [0.4, 0.5) is 11.4 Å². The summed E-state index contributed by atoms with van der Waals surface area (Å²) in [6.07, 6.45) is 3.89. The van der Waals surface area contributed by atoms with Crippen molar-refractivity contribution in [1.82, 2.24) is 0 Å². The lowest BCUT2D eigenvalue weighted by molar-refractivity contribution is 0.330. The van der Waals surface area contributed by atoms with E-state index in [1.54, 1.807) is 5.56 Å². The Morgan fingerprint density at radius 1 is 0.857 bits per heavy atom. The van der Waals surface area contributed by atoms with Gasteiger partial charge in [0.2, 0.25) is 6.71 Å². The molecule has 3 aromatic carbocycles. The van der Waals surface area contributed by atoms with Crippen molar-refractivity contribution in [2.24, 2.45) is 0 Å². The summed E-state index contributed by atoms with van der Waals surface area (Å²) in [5.74, 6) is 0. The Hall–Kier alpha value is -2.13. The highest BCUT2D eigenvalue weighted by Crippen LogP contribution is 2.62. The van der Waals surface area contributed by atoms with E-state index in [1.807, 2.05) is 11.8 Å². The SMILES string of the molecule is CC12CCCC1(C)N1c3cccc4c3B(c3ccccc3S4)c3cccc2c31. The fourth-order valence-electron chi connectivity index (χ4n) is 6.75. The fourth-order valence-corrected chi connectivity index (χ4v) is 7.92. The summed E-state index contributed by atoms with van der Waals surface area (Å²) < 4.78 is 0. The second kappa shape index (κ2) is 4.89. The minimum atomic E-state index is 0.174. The second-order valence-corrected chi connectivity index (χ2v) is 10.4. The minimum absolute atomic E-state index is 0.174. The van der Waals surface area contributed by atoms with Crippen LogP contribution < -0.4 is 21.3 Å². The molecule has 28 heavy (non-hydrogen) atoms. The molecule has 0 saturated heterocycles. The van der Waals surface area contributed by atoms with E-state index >= 15 is 0 Å². The number of rotatable bonds is 0. The Labute approximate surface area is 171 Å². The maximum atomic E-state index is 2.76. The highest BCUT2D eigenvalue weighted by Gasteiger charge is 2.62. The van der Waals surface area contributed by atoms with Crippen LogP contribution in [0.5, 0.6) is 0 Å². The largest absolute Gasteiger partial charge is 0.335 e. The van der Waals surface area contributed by atoms with Gasteiger partial charge in [0.05, 0.1) is 5.54 Å². The lowest BCUT2D eigenvalue weighted by atomic mass is 9.35. The molecule has 1 aliphatic carbocycles. The Morgan fingerprint density at radius 3 is 2.57 bits per heavy atom. The van der Waals surface area contributed by atoms with Crippen LogP contribution in [0.15, 0.2) is 70.5 Å². The highest BCUT2D eigenvalue weighted by molar-refractivity contribution is 8.00. The summed E-state index contributed by atoms with van der Waals surface area (Å²) in [6.45, 7) is 5.41. The molecule has 1 saturated carbocycles. The molecule has 0 spiro atoms. The molecule has 2 unspecified atom stereocenters. The zero-order valence-electron chi connectivity index (χ0n) is 16.3. The van der Waals surface area contributed by atoms with Crippen LogP contribution in [-0.2, 0) is 5.41 Å². The number of fused-ring (bicyclic) bond motifs is 7. The predicted molar refractivity (Wildman–Crippen MR) is 120 cm³/mol. The summed E-state index contributed by atoms with van der Waals surface area (Å²) in [4.78, 5) is 5.61. The monoisotopic (exact) mass is 379 g/mol. The average Bonchev–Trinajstić information content (AvgIpc) is 3.12. The molecular weight excluding hydrogens is 357 g/mol. The van der Waals surface area contributed by atoms with Crippen molar-refractivity contribution in [3.05, 3.63) is 66.2 Å². The highest BCUT2D eigenvalue weighted by atomic mass is 32.2. The summed E-state index contributed by atoms with van der Waals surface area (Å²) in [7, 11) is 0. The molecule has 0 bridgehead atoms. The maximum absolute atomic E-state index is 2.76. The van der Waals surface area contributed by atoms with Gasteiger partial charge in [-0.15, -0.1) is 0 Å². The quantitative estimate of drug-likeness (QED) is 0.419. The summed E-state index contributed by atoms with van der Waals surface area (Å²) in [5.41, 5.74) is 9.50. The van der Waals surface area contributed by atoms with Gasteiger partial charge in [0.25, 0.3) is 0 Å². The van der Waals surface area contributed by atoms with Gasteiger partial charge in [-0.3, -0.25) is 0 Å². The summed E-state index contributed by atoms with van der Waals surface area (Å²) >= 11 is 1.95. The smallest absolute Gasteiger partial charge is 0.249 e. The van der Waals surface area contributed by atoms with E-state index < -0.39 is 0 Å². The van der Waals surface area contributed by atoms with Crippen LogP contribution in [-0.4, -0.2) is 12.3 Å². The molecule has 3 aromatic rings. The van der Waals surface area contributed by atoms with E-state index in [4.69, 9.17) is 0 Å². The summed E-state index contributed by atoms with van der Waals surface area (Å²) in [6, 6.07) is 23.1. The normalized spacial score (nSPS) is 27.9. The van der Waals surface area contributed by atoms with Gasteiger partial charge in [-0.2, -0.15) is 0 Å². The molecule has 3 heteroatoms. The molecule has 1 fully saturated rings. The van der Waals surface area contributed by atoms with Gasteiger partial charge in [0, 0.05) is 26.6 Å². The first-order valence-corrected chi connectivity index (χ1v) is 11.3. The first-order chi connectivity index (χ1) is 13.6. The zero-order chi connectivity index (χ0) is 18.7. The molecule has 0 N–H and O–H groups in total. The van der Waals surface area contributed by atoms with Gasteiger partial charge in [-0.05, 0) is 54.5 Å². The van der Waals surface area contributed by atoms with Gasteiger partial charge in [-0.1, -0.05) is 73.0 Å². The third-order valence-electron chi connectivity index (χ3n) is 8.24. The predicted octanol–water partition coefficient (Wildman–Crippen LogP) is 4.33. The molecule has 1 nitrogen and oxygen atoms in total. The molecule has 136 valence electrons. The topological polar surface area (TPSA) is 3.24 Å². The molecule has 4 aliphatic rings. The van der Waals surface area contributed by atoms with Crippen LogP contribution in [0.3, 0.4) is 0 Å². The van der Waals surface area contributed by atoms with Gasteiger partial charge in [0.15, 0.2) is 0 Å². The van der Waals surface area contributed by atoms with E-state index in [0.29, 0.717) is 6.71 Å². The Balaban J connectivity index is 1.64. The van der Waals surface area contributed by atoms with Gasteiger partial charge >= 0.3 is 0 Å². The number of nitrogens with zero attached hydrogens (tertiary/aromatic N) is 1. The molecule has 3 aliphatic heterocycles. The number of benzene rings is 3. The molecule has 7 rings (SSSR count). The number of hydrogen-bond donors (Lipinski definition) is 0.